The van der Waals surface area contributed by atoms with E-state index in [1.165, 1.54) is 0 Å². The van der Waals surface area contributed by atoms with Crippen LogP contribution in [0.3, 0.4) is 0 Å². The molecule has 0 aliphatic carbocycles. The molecule has 0 bridgehead atoms. The molecule has 1 heterocycles. The van der Waals surface area contributed by atoms with Crippen LogP contribution in [0.5, 0.6) is 0 Å². The molecule has 5 heteroatoms. The number of para-hydroxylation sites is 2. The van der Waals surface area contributed by atoms with Crippen molar-refractivity contribution in [1.82, 2.24) is 10.3 Å². The van der Waals surface area contributed by atoms with E-state index in [2.05, 4.69) is 23.3 Å². The van der Waals surface area contributed by atoms with Crippen molar-refractivity contribution < 1.29 is 4.42 Å². The van der Waals surface area contributed by atoms with Crippen LogP contribution in [0.15, 0.2) is 33.9 Å². The van der Waals surface area contributed by atoms with Crippen molar-refractivity contribution in [2.75, 3.05) is 12.3 Å². The van der Waals surface area contributed by atoms with E-state index in [4.69, 9.17) is 4.42 Å². The van der Waals surface area contributed by atoms with Crippen LogP contribution in [0.2, 0.25) is 0 Å². The van der Waals surface area contributed by atoms with E-state index >= 15 is 0 Å². The van der Waals surface area contributed by atoms with Crippen molar-refractivity contribution in [3.63, 3.8) is 0 Å². The molecule has 1 N–H and O–H groups in total. The van der Waals surface area contributed by atoms with Gasteiger partial charge in [-0.3, -0.25) is 5.32 Å². The first-order valence-corrected chi connectivity index (χ1v) is 8.36. The lowest BCUT2D eigenvalue weighted by Crippen LogP contribution is -2.43. The summed E-state index contributed by atoms with van der Waals surface area (Å²) in [6.07, 6.45) is 2.63. The summed E-state index contributed by atoms with van der Waals surface area (Å²) < 4.78 is 5.67. The Labute approximate surface area is 129 Å². The first kappa shape index (κ1) is 15.9. The van der Waals surface area contributed by atoms with Crippen molar-refractivity contribution in [3.05, 3.63) is 24.3 Å². The minimum absolute atomic E-state index is 0.392. The van der Waals surface area contributed by atoms with E-state index < -0.39 is 5.54 Å². The zero-order chi connectivity index (χ0) is 15.1. The molecule has 0 saturated carbocycles. The molecule has 2 rings (SSSR count). The highest BCUT2D eigenvalue weighted by molar-refractivity contribution is 7.99. The topological polar surface area (TPSA) is 61.9 Å². The molecule has 2 aromatic rings. The van der Waals surface area contributed by atoms with Crippen molar-refractivity contribution in [3.8, 4) is 6.07 Å². The number of thioether (sulfide) groups is 1. The second kappa shape index (κ2) is 7.48. The maximum Gasteiger partial charge on any atom is 0.256 e. The van der Waals surface area contributed by atoms with Crippen molar-refractivity contribution in [1.29, 1.82) is 5.26 Å². The maximum atomic E-state index is 9.37. The third kappa shape index (κ3) is 3.99. The summed E-state index contributed by atoms with van der Waals surface area (Å²) in [5, 5.41) is 13.4. The van der Waals surface area contributed by atoms with Crippen molar-refractivity contribution in [2.45, 2.75) is 43.9 Å². The molecule has 4 nitrogen and oxygen atoms in total. The molecule has 112 valence electrons. The molecule has 1 aromatic heterocycles. The zero-order valence-electron chi connectivity index (χ0n) is 12.6. The number of hydrogen-bond acceptors (Lipinski definition) is 5. The third-order valence-corrected chi connectivity index (χ3v) is 4.49. The lowest BCUT2D eigenvalue weighted by Gasteiger charge is -2.25. The SMILES string of the molecule is CCNC(C#N)(CC)CCCSc1nc2ccccc2o1. The van der Waals surface area contributed by atoms with Gasteiger partial charge in [-0.05, 0) is 37.9 Å². The highest BCUT2D eigenvalue weighted by Gasteiger charge is 2.25. The van der Waals surface area contributed by atoms with Crippen LogP contribution in [0.4, 0.5) is 0 Å². The monoisotopic (exact) mass is 303 g/mol. The Morgan fingerprint density at radius 2 is 2.19 bits per heavy atom. The Morgan fingerprint density at radius 1 is 1.38 bits per heavy atom. The minimum atomic E-state index is -0.392. The Kier molecular flexibility index (Phi) is 5.66. The van der Waals surface area contributed by atoms with Crippen LogP contribution < -0.4 is 5.32 Å². The summed E-state index contributed by atoms with van der Waals surface area (Å²) in [5.74, 6) is 0.904. The highest BCUT2D eigenvalue weighted by atomic mass is 32.2. The first-order valence-electron chi connectivity index (χ1n) is 7.37. The third-order valence-electron chi connectivity index (χ3n) is 3.58. The predicted octanol–water partition coefficient (Wildman–Crippen LogP) is 3.98. The number of hydrogen-bond donors (Lipinski definition) is 1. The molecule has 0 saturated heterocycles. The molecule has 0 aliphatic heterocycles. The van der Waals surface area contributed by atoms with Gasteiger partial charge in [-0.25, -0.2) is 4.98 Å². The Morgan fingerprint density at radius 3 is 2.86 bits per heavy atom. The molecule has 0 radical (unpaired) electrons. The average molecular weight is 303 g/mol. The predicted molar refractivity (Wildman–Crippen MR) is 86.3 cm³/mol. The summed E-state index contributed by atoms with van der Waals surface area (Å²) >= 11 is 1.61. The van der Waals surface area contributed by atoms with Crippen molar-refractivity contribution >= 4 is 22.9 Å². The lowest BCUT2D eigenvalue weighted by atomic mass is 9.92. The van der Waals surface area contributed by atoms with Crippen LogP contribution in [0, 0.1) is 11.3 Å². The summed E-state index contributed by atoms with van der Waals surface area (Å²) in [6, 6.07) is 10.2. The molecule has 1 aromatic carbocycles. The van der Waals surface area contributed by atoms with E-state index in [0.717, 1.165) is 42.7 Å². The number of nitrogens with zero attached hydrogens (tertiary/aromatic N) is 2. The zero-order valence-corrected chi connectivity index (χ0v) is 13.4. The second-order valence-electron chi connectivity index (χ2n) is 4.98. The molecular formula is C16H21N3OS. The van der Waals surface area contributed by atoms with E-state index in [1.54, 1.807) is 11.8 Å². The maximum absolute atomic E-state index is 9.37. The standard InChI is InChI=1S/C16H21N3OS/c1-3-16(12-17,18-4-2)10-7-11-21-15-19-13-8-5-6-9-14(13)20-15/h5-6,8-9,18H,3-4,7,10-11H2,1-2H3. The van der Waals surface area contributed by atoms with Crippen LogP contribution >= 0.6 is 11.8 Å². The number of rotatable bonds is 8. The first-order chi connectivity index (χ1) is 10.2. The van der Waals surface area contributed by atoms with Gasteiger partial charge in [0.25, 0.3) is 5.22 Å². The van der Waals surface area contributed by atoms with E-state index in [0.29, 0.717) is 5.22 Å². The van der Waals surface area contributed by atoms with Gasteiger partial charge in [-0.2, -0.15) is 5.26 Å². The number of aromatic nitrogens is 1. The number of oxazole rings is 1. The smallest absolute Gasteiger partial charge is 0.256 e. The summed E-state index contributed by atoms with van der Waals surface area (Å²) in [4.78, 5) is 4.44. The molecule has 0 aliphatic rings. The highest BCUT2D eigenvalue weighted by Crippen LogP contribution is 2.25. The van der Waals surface area contributed by atoms with Crippen LogP contribution in [-0.2, 0) is 0 Å². The van der Waals surface area contributed by atoms with Crippen LogP contribution in [0.1, 0.15) is 33.1 Å². The molecule has 1 unspecified atom stereocenters. The average Bonchev–Trinajstić information content (AvgIpc) is 2.93. The van der Waals surface area contributed by atoms with E-state index in [-0.39, 0.29) is 0 Å². The fourth-order valence-electron chi connectivity index (χ4n) is 2.35. The number of benzene rings is 1. The van der Waals surface area contributed by atoms with Crippen LogP contribution in [0.25, 0.3) is 11.1 Å². The molecule has 21 heavy (non-hydrogen) atoms. The normalized spacial score (nSPS) is 14.0. The van der Waals surface area contributed by atoms with Crippen LogP contribution in [-0.4, -0.2) is 22.8 Å². The molecule has 0 spiro atoms. The van der Waals surface area contributed by atoms with Gasteiger partial charge in [-0.1, -0.05) is 37.7 Å². The molecular weight excluding hydrogens is 282 g/mol. The molecule has 0 fully saturated rings. The number of fused-ring (bicyclic) bond motifs is 1. The van der Waals surface area contributed by atoms with Gasteiger partial charge < -0.3 is 4.42 Å². The van der Waals surface area contributed by atoms with E-state index in [1.807, 2.05) is 31.2 Å². The van der Waals surface area contributed by atoms with Gasteiger partial charge in [0, 0.05) is 5.75 Å². The van der Waals surface area contributed by atoms with E-state index in [9.17, 15) is 5.26 Å². The van der Waals surface area contributed by atoms with Gasteiger partial charge in [0.2, 0.25) is 0 Å². The van der Waals surface area contributed by atoms with Crippen molar-refractivity contribution in [2.24, 2.45) is 0 Å². The van der Waals surface area contributed by atoms with Gasteiger partial charge in [0.1, 0.15) is 11.1 Å². The number of nitriles is 1. The largest absolute Gasteiger partial charge is 0.431 e. The fraction of sp³-hybridized carbons (Fsp3) is 0.500. The lowest BCUT2D eigenvalue weighted by molar-refractivity contribution is 0.379. The number of nitrogens with one attached hydrogen (secondary N) is 1. The van der Waals surface area contributed by atoms with Gasteiger partial charge >= 0.3 is 0 Å². The second-order valence-corrected chi connectivity index (χ2v) is 6.02. The van der Waals surface area contributed by atoms with Gasteiger partial charge in [0.05, 0.1) is 6.07 Å². The molecule has 0 amide bonds. The van der Waals surface area contributed by atoms with Gasteiger partial charge in [0.15, 0.2) is 5.58 Å². The molecule has 1 atom stereocenters. The summed E-state index contributed by atoms with van der Waals surface area (Å²) in [6.45, 7) is 4.91. The van der Waals surface area contributed by atoms with Gasteiger partial charge in [-0.15, -0.1) is 0 Å². The Hall–Kier alpha value is -1.51. The quantitative estimate of drug-likeness (QED) is 0.590. The Balaban J connectivity index is 1.85. The minimum Gasteiger partial charge on any atom is -0.431 e. The Bertz CT molecular complexity index is 586. The fourth-order valence-corrected chi connectivity index (χ4v) is 3.12. The summed E-state index contributed by atoms with van der Waals surface area (Å²) in [7, 11) is 0. The summed E-state index contributed by atoms with van der Waals surface area (Å²) in [5.41, 5.74) is 1.33.